The average Bonchev–Trinajstić information content (AvgIpc) is 3.01. The van der Waals surface area contributed by atoms with E-state index in [4.69, 9.17) is 4.52 Å². The van der Waals surface area contributed by atoms with Gasteiger partial charge in [0.05, 0.1) is 11.1 Å². The molecule has 1 aromatic carbocycles. The highest BCUT2D eigenvalue weighted by molar-refractivity contribution is 5.92. The molecule has 0 N–H and O–H groups in total. The maximum Gasteiger partial charge on any atom is 0.167 e. The molecule has 0 spiro atoms. The Morgan fingerprint density at radius 3 is 2.81 bits per heavy atom. The van der Waals surface area contributed by atoms with Crippen molar-refractivity contribution >= 4 is 16.8 Å². The number of ketones is 1. The Hall–Kier alpha value is -1.64. The van der Waals surface area contributed by atoms with Gasteiger partial charge in [0, 0.05) is 5.39 Å². The predicted molar refractivity (Wildman–Crippen MR) is 60.3 cm³/mol. The minimum absolute atomic E-state index is 0.210. The smallest absolute Gasteiger partial charge is 0.167 e. The summed E-state index contributed by atoms with van der Waals surface area (Å²) in [6, 6.07) is 5.95. The minimum Gasteiger partial charge on any atom is -0.356 e. The maximum absolute atomic E-state index is 11.6. The summed E-state index contributed by atoms with van der Waals surface area (Å²) >= 11 is 0. The van der Waals surface area contributed by atoms with E-state index in [2.05, 4.69) is 11.2 Å². The largest absolute Gasteiger partial charge is 0.356 e. The molecule has 0 unspecified atom stereocenters. The predicted octanol–water partition coefficient (Wildman–Crippen LogP) is 2.76. The first kappa shape index (κ1) is 9.58. The fraction of sp³-hybridized carbons (Fsp3) is 0.385. The first-order valence-corrected chi connectivity index (χ1v) is 5.51. The van der Waals surface area contributed by atoms with Crippen molar-refractivity contribution in [3.05, 3.63) is 29.5 Å². The molecule has 1 saturated carbocycles. The van der Waals surface area contributed by atoms with Crippen molar-refractivity contribution in [2.24, 2.45) is 0 Å². The highest BCUT2D eigenvalue weighted by Gasteiger charge is 2.48. The van der Waals surface area contributed by atoms with Crippen LogP contribution in [0.25, 0.3) is 11.0 Å². The highest BCUT2D eigenvalue weighted by atomic mass is 16.5. The third-order valence-electron chi connectivity index (χ3n) is 3.63. The number of benzene rings is 1. The molecule has 2 aromatic rings. The molecule has 82 valence electrons. The number of nitrogens with zero attached hydrogens (tertiary/aromatic N) is 1. The maximum atomic E-state index is 11.6. The van der Waals surface area contributed by atoms with Crippen molar-refractivity contribution in [1.82, 2.24) is 5.16 Å². The van der Waals surface area contributed by atoms with Gasteiger partial charge in [0.1, 0.15) is 5.78 Å². The number of carbonyl (C=O) groups is 1. The van der Waals surface area contributed by atoms with Gasteiger partial charge in [-0.2, -0.15) is 0 Å². The van der Waals surface area contributed by atoms with Gasteiger partial charge in [-0.25, -0.2) is 0 Å². The topological polar surface area (TPSA) is 43.1 Å². The molecule has 0 atom stereocenters. The van der Waals surface area contributed by atoms with Crippen LogP contribution >= 0.6 is 0 Å². The van der Waals surface area contributed by atoms with Crippen molar-refractivity contribution in [2.75, 3.05) is 0 Å². The third-order valence-corrected chi connectivity index (χ3v) is 3.63. The summed E-state index contributed by atoms with van der Waals surface area (Å²) in [4.78, 5) is 11.6. The van der Waals surface area contributed by atoms with E-state index < -0.39 is 0 Å². The van der Waals surface area contributed by atoms with Gasteiger partial charge in [-0.15, -0.1) is 0 Å². The second kappa shape index (κ2) is 2.94. The quantitative estimate of drug-likeness (QED) is 0.773. The number of rotatable bonds is 2. The molecule has 3 nitrogen and oxygen atoms in total. The van der Waals surface area contributed by atoms with Gasteiger partial charge in [-0.3, -0.25) is 4.79 Å². The Kier molecular flexibility index (Phi) is 1.76. The second-order valence-electron chi connectivity index (χ2n) is 4.62. The molecule has 3 rings (SSSR count). The van der Waals surface area contributed by atoms with Crippen LogP contribution in [0, 0.1) is 6.92 Å². The lowest BCUT2D eigenvalue weighted by atomic mass is 9.91. The summed E-state index contributed by atoms with van der Waals surface area (Å²) in [5.74, 6) is 0.265. The molecular formula is C13H13NO2. The van der Waals surface area contributed by atoms with Crippen LogP contribution in [0.5, 0.6) is 0 Å². The standard InChI is InChI=1S/C13H13NO2/c1-8-11-7-10(3-4-12(11)16-14-8)13(5-6-13)9(2)15/h3-4,7H,5-6H2,1-2H3. The van der Waals surface area contributed by atoms with Crippen molar-refractivity contribution in [3.63, 3.8) is 0 Å². The van der Waals surface area contributed by atoms with E-state index in [1.807, 2.05) is 19.1 Å². The summed E-state index contributed by atoms with van der Waals surface area (Å²) in [6.07, 6.45) is 1.94. The van der Waals surface area contributed by atoms with E-state index in [0.717, 1.165) is 35.1 Å². The summed E-state index contributed by atoms with van der Waals surface area (Å²) in [6.45, 7) is 3.60. The Morgan fingerprint density at radius 2 is 2.19 bits per heavy atom. The highest BCUT2D eigenvalue weighted by Crippen LogP contribution is 2.49. The van der Waals surface area contributed by atoms with E-state index in [0.29, 0.717) is 0 Å². The van der Waals surface area contributed by atoms with E-state index in [1.165, 1.54) is 0 Å². The SMILES string of the molecule is CC(=O)C1(c2ccc3onc(C)c3c2)CC1. The molecule has 0 aliphatic heterocycles. The Bertz CT molecular complexity index is 579. The van der Waals surface area contributed by atoms with Gasteiger partial charge in [0.25, 0.3) is 0 Å². The van der Waals surface area contributed by atoms with Gasteiger partial charge < -0.3 is 4.52 Å². The molecule has 1 aromatic heterocycles. The van der Waals surface area contributed by atoms with Crippen molar-refractivity contribution in [3.8, 4) is 0 Å². The third kappa shape index (κ3) is 1.14. The van der Waals surface area contributed by atoms with Crippen LogP contribution in [-0.4, -0.2) is 10.9 Å². The minimum atomic E-state index is -0.210. The molecule has 1 aliphatic rings. The summed E-state index contributed by atoms with van der Waals surface area (Å²) in [5.41, 5.74) is 2.58. The number of aromatic nitrogens is 1. The fourth-order valence-electron chi connectivity index (χ4n) is 2.33. The first-order valence-electron chi connectivity index (χ1n) is 5.51. The van der Waals surface area contributed by atoms with Crippen molar-refractivity contribution < 1.29 is 9.32 Å². The van der Waals surface area contributed by atoms with Crippen LogP contribution in [0.2, 0.25) is 0 Å². The first-order chi connectivity index (χ1) is 7.63. The van der Waals surface area contributed by atoms with E-state index in [1.54, 1.807) is 6.92 Å². The van der Waals surface area contributed by atoms with E-state index >= 15 is 0 Å². The summed E-state index contributed by atoms with van der Waals surface area (Å²) < 4.78 is 5.16. The number of aryl methyl sites for hydroxylation is 1. The summed E-state index contributed by atoms with van der Waals surface area (Å²) in [7, 11) is 0. The zero-order chi connectivity index (χ0) is 11.3. The molecular weight excluding hydrogens is 202 g/mol. The molecule has 1 fully saturated rings. The molecule has 1 aliphatic carbocycles. The van der Waals surface area contributed by atoms with Crippen LogP contribution in [0.15, 0.2) is 22.7 Å². The average molecular weight is 215 g/mol. The van der Waals surface area contributed by atoms with Crippen molar-refractivity contribution in [2.45, 2.75) is 32.1 Å². The molecule has 0 amide bonds. The Balaban J connectivity index is 2.18. The number of hydrogen-bond acceptors (Lipinski definition) is 3. The molecule has 0 radical (unpaired) electrons. The van der Waals surface area contributed by atoms with Gasteiger partial charge in [-0.05, 0) is 44.4 Å². The second-order valence-corrected chi connectivity index (χ2v) is 4.62. The van der Waals surface area contributed by atoms with Gasteiger partial charge in [0.2, 0.25) is 0 Å². The zero-order valence-corrected chi connectivity index (χ0v) is 9.41. The van der Waals surface area contributed by atoms with E-state index in [9.17, 15) is 4.79 Å². The van der Waals surface area contributed by atoms with Gasteiger partial charge >= 0.3 is 0 Å². The van der Waals surface area contributed by atoms with Crippen LogP contribution < -0.4 is 0 Å². The number of carbonyl (C=O) groups excluding carboxylic acids is 1. The van der Waals surface area contributed by atoms with Crippen LogP contribution in [-0.2, 0) is 10.2 Å². The van der Waals surface area contributed by atoms with Gasteiger partial charge in [0.15, 0.2) is 5.58 Å². The van der Waals surface area contributed by atoms with Crippen LogP contribution in [0.3, 0.4) is 0 Å². The molecule has 1 heterocycles. The fourth-order valence-corrected chi connectivity index (χ4v) is 2.33. The Morgan fingerprint density at radius 1 is 1.44 bits per heavy atom. The van der Waals surface area contributed by atoms with Gasteiger partial charge in [-0.1, -0.05) is 11.2 Å². The molecule has 16 heavy (non-hydrogen) atoms. The number of Topliss-reactive ketones (excluding diaryl/α,β-unsaturated/α-hetero) is 1. The Labute approximate surface area is 93.4 Å². The number of hydrogen-bond donors (Lipinski definition) is 0. The monoisotopic (exact) mass is 215 g/mol. The molecule has 0 bridgehead atoms. The molecule has 0 saturated heterocycles. The lowest BCUT2D eigenvalue weighted by Crippen LogP contribution is -2.16. The van der Waals surface area contributed by atoms with Crippen LogP contribution in [0.1, 0.15) is 31.0 Å². The van der Waals surface area contributed by atoms with E-state index in [-0.39, 0.29) is 11.2 Å². The lowest BCUT2D eigenvalue weighted by Gasteiger charge is -2.11. The zero-order valence-electron chi connectivity index (χ0n) is 9.41. The number of fused-ring (bicyclic) bond motifs is 1. The van der Waals surface area contributed by atoms with Crippen molar-refractivity contribution in [1.29, 1.82) is 0 Å². The normalized spacial score (nSPS) is 17.6. The lowest BCUT2D eigenvalue weighted by molar-refractivity contribution is -0.119. The molecule has 3 heteroatoms. The van der Waals surface area contributed by atoms with Crippen LogP contribution in [0.4, 0.5) is 0 Å². The summed E-state index contributed by atoms with van der Waals surface area (Å²) in [5, 5.41) is 4.94.